The molecule has 134 valence electrons. The predicted molar refractivity (Wildman–Crippen MR) is 104 cm³/mol. The third-order valence-electron chi connectivity index (χ3n) is 5.85. The van der Waals surface area contributed by atoms with Gasteiger partial charge in [0.25, 0.3) is 5.91 Å². The Hall–Kier alpha value is -1.14. The van der Waals surface area contributed by atoms with E-state index in [9.17, 15) is 4.79 Å². The van der Waals surface area contributed by atoms with Crippen molar-refractivity contribution in [2.75, 3.05) is 6.61 Å². The Labute approximate surface area is 162 Å². The Bertz CT molecular complexity index is 641. The number of thiocarbonyl (C=S) groups is 1. The topological polar surface area (TPSA) is 50.4 Å². The van der Waals surface area contributed by atoms with E-state index in [0.29, 0.717) is 10.9 Å². The van der Waals surface area contributed by atoms with Gasteiger partial charge in [-0.05, 0) is 92.8 Å². The van der Waals surface area contributed by atoms with Crippen LogP contribution in [0.5, 0.6) is 5.75 Å². The highest BCUT2D eigenvalue weighted by molar-refractivity contribution is 9.10. The maximum atomic E-state index is 12.1. The molecule has 5 rings (SSSR count). The van der Waals surface area contributed by atoms with E-state index < -0.39 is 0 Å². The Balaban J connectivity index is 1.27. The van der Waals surface area contributed by atoms with E-state index >= 15 is 0 Å². The fourth-order valence-corrected chi connectivity index (χ4v) is 5.97. The number of carbonyl (C=O) groups excluding carboxylic acids is 1. The molecule has 1 aromatic carbocycles. The van der Waals surface area contributed by atoms with Crippen molar-refractivity contribution in [3.05, 3.63) is 28.7 Å². The molecule has 0 aromatic heterocycles. The van der Waals surface area contributed by atoms with E-state index in [1.165, 1.54) is 38.5 Å². The lowest BCUT2D eigenvalue weighted by Gasteiger charge is -2.57. The molecule has 4 aliphatic rings. The first-order chi connectivity index (χ1) is 12.0. The molecule has 0 saturated heterocycles. The number of rotatable bonds is 4. The molecule has 4 nitrogen and oxygen atoms in total. The summed E-state index contributed by atoms with van der Waals surface area (Å²) in [4.78, 5) is 12.1. The zero-order chi connectivity index (χ0) is 17.4. The summed E-state index contributed by atoms with van der Waals surface area (Å²) in [7, 11) is 0. The summed E-state index contributed by atoms with van der Waals surface area (Å²) in [5, 5.41) is 6.73. The minimum atomic E-state index is -0.217. The van der Waals surface area contributed by atoms with Crippen LogP contribution in [0.2, 0.25) is 0 Å². The van der Waals surface area contributed by atoms with Gasteiger partial charge in [-0.1, -0.05) is 15.9 Å². The molecule has 4 fully saturated rings. The first-order valence-electron chi connectivity index (χ1n) is 9.00. The van der Waals surface area contributed by atoms with E-state index in [1.54, 1.807) is 0 Å². The Morgan fingerprint density at radius 2 is 1.68 bits per heavy atom. The van der Waals surface area contributed by atoms with Crippen molar-refractivity contribution in [3.63, 3.8) is 0 Å². The van der Waals surface area contributed by atoms with E-state index in [2.05, 4.69) is 26.6 Å². The van der Waals surface area contributed by atoms with Crippen LogP contribution in [-0.4, -0.2) is 23.2 Å². The van der Waals surface area contributed by atoms with Gasteiger partial charge in [0.15, 0.2) is 11.7 Å². The molecular weight excluding hydrogens is 400 g/mol. The number of hydrogen-bond donors (Lipinski definition) is 2. The monoisotopic (exact) mass is 422 g/mol. The molecule has 4 saturated carbocycles. The van der Waals surface area contributed by atoms with Gasteiger partial charge in [-0.15, -0.1) is 0 Å². The molecule has 2 N–H and O–H groups in total. The van der Waals surface area contributed by atoms with E-state index in [0.717, 1.165) is 22.2 Å². The lowest BCUT2D eigenvalue weighted by Crippen LogP contribution is -2.62. The zero-order valence-electron chi connectivity index (χ0n) is 14.1. The summed E-state index contributed by atoms with van der Waals surface area (Å²) >= 11 is 8.78. The van der Waals surface area contributed by atoms with Crippen molar-refractivity contribution >= 4 is 39.2 Å². The number of benzene rings is 1. The van der Waals surface area contributed by atoms with Gasteiger partial charge in [0, 0.05) is 10.0 Å². The number of nitrogens with one attached hydrogen (secondary N) is 2. The summed E-state index contributed by atoms with van der Waals surface area (Å²) in [5.41, 5.74) is 0.117. The Kier molecular flexibility index (Phi) is 4.75. The molecule has 4 bridgehead atoms. The van der Waals surface area contributed by atoms with Gasteiger partial charge in [0.2, 0.25) is 0 Å². The van der Waals surface area contributed by atoms with Crippen molar-refractivity contribution in [1.29, 1.82) is 0 Å². The molecule has 0 atom stereocenters. The maximum absolute atomic E-state index is 12.1. The van der Waals surface area contributed by atoms with Gasteiger partial charge in [0.05, 0.1) is 0 Å². The van der Waals surface area contributed by atoms with Gasteiger partial charge in [-0.3, -0.25) is 4.79 Å². The fraction of sp³-hybridized carbons (Fsp3) is 0.579. The molecule has 0 aliphatic heterocycles. The second-order valence-electron chi connectivity index (χ2n) is 7.94. The fourth-order valence-electron chi connectivity index (χ4n) is 5.38. The second kappa shape index (κ2) is 6.88. The first-order valence-corrected chi connectivity index (χ1v) is 10.2. The minimum absolute atomic E-state index is 0.0374. The quantitative estimate of drug-likeness (QED) is 0.724. The van der Waals surface area contributed by atoms with Crippen LogP contribution in [-0.2, 0) is 4.79 Å². The van der Waals surface area contributed by atoms with Gasteiger partial charge in [-0.2, -0.15) is 0 Å². The largest absolute Gasteiger partial charge is 0.484 e. The third kappa shape index (κ3) is 4.00. The number of ether oxygens (including phenoxy) is 1. The average Bonchev–Trinajstić information content (AvgIpc) is 2.52. The molecule has 0 heterocycles. The average molecular weight is 423 g/mol. The molecule has 0 radical (unpaired) electrons. The molecule has 0 unspecified atom stereocenters. The number of carbonyl (C=O) groups is 1. The predicted octanol–water partition coefficient (Wildman–Crippen LogP) is 3.79. The molecule has 0 spiro atoms. The van der Waals surface area contributed by atoms with E-state index in [4.69, 9.17) is 17.0 Å². The maximum Gasteiger partial charge on any atom is 0.264 e. The minimum Gasteiger partial charge on any atom is -0.484 e. The van der Waals surface area contributed by atoms with Crippen molar-refractivity contribution < 1.29 is 9.53 Å². The van der Waals surface area contributed by atoms with Crippen LogP contribution in [0.1, 0.15) is 38.5 Å². The molecule has 1 aromatic rings. The van der Waals surface area contributed by atoms with Crippen molar-refractivity contribution in [3.8, 4) is 5.75 Å². The summed E-state index contributed by atoms with van der Waals surface area (Å²) in [6.45, 7) is -0.0374. The summed E-state index contributed by atoms with van der Waals surface area (Å²) in [6.07, 6.45) is 7.77. The van der Waals surface area contributed by atoms with Gasteiger partial charge >= 0.3 is 0 Å². The molecule has 25 heavy (non-hydrogen) atoms. The van der Waals surface area contributed by atoms with Crippen LogP contribution in [0.4, 0.5) is 0 Å². The van der Waals surface area contributed by atoms with Gasteiger partial charge in [0.1, 0.15) is 5.75 Å². The van der Waals surface area contributed by atoms with Crippen molar-refractivity contribution in [2.45, 2.75) is 44.1 Å². The van der Waals surface area contributed by atoms with E-state index in [1.807, 2.05) is 24.3 Å². The molecular formula is C19H23BrN2O2S. The normalized spacial score (nSPS) is 32.3. The van der Waals surface area contributed by atoms with Crippen molar-refractivity contribution in [2.24, 2.45) is 17.8 Å². The van der Waals surface area contributed by atoms with Gasteiger partial charge in [-0.25, -0.2) is 0 Å². The highest BCUT2D eigenvalue weighted by atomic mass is 79.9. The Morgan fingerprint density at radius 3 is 2.24 bits per heavy atom. The lowest BCUT2D eigenvalue weighted by molar-refractivity contribution is -0.121. The van der Waals surface area contributed by atoms with Crippen LogP contribution in [0.3, 0.4) is 0 Å². The molecule has 6 heteroatoms. The van der Waals surface area contributed by atoms with Crippen LogP contribution in [0, 0.1) is 17.8 Å². The van der Waals surface area contributed by atoms with Crippen LogP contribution in [0.15, 0.2) is 28.7 Å². The number of hydrogen-bond acceptors (Lipinski definition) is 3. The first kappa shape index (κ1) is 17.3. The van der Waals surface area contributed by atoms with Gasteiger partial charge < -0.3 is 15.4 Å². The Morgan fingerprint density at radius 1 is 1.12 bits per heavy atom. The number of halogens is 1. The summed E-state index contributed by atoms with van der Waals surface area (Å²) in [6, 6.07) is 7.41. The van der Waals surface area contributed by atoms with Crippen LogP contribution < -0.4 is 15.4 Å². The van der Waals surface area contributed by atoms with Crippen molar-refractivity contribution in [1.82, 2.24) is 10.6 Å². The second-order valence-corrected chi connectivity index (χ2v) is 9.27. The summed E-state index contributed by atoms with van der Waals surface area (Å²) < 4.78 is 6.47. The third-order valence-corrected chi connectivity index (χ3v) is 6.59. The zero-order valence-corrected chi connectivity index (χ0v) is 16.5. The number of amides is 1. The smallest absolute Gasteiger partial charge is 0.264 e. The molecule has 4 aliphatic carbocycles. The van der Waals surface area contributed by atoms with Crippen LogP contribution in [0.25, 0.3) is 0 Å². The highest BCUT2D eigenvalue weighted by Gasteiger charge is 2.51. The van der Waals surface area contributed by atoms with E-state index in [-0.39, 0.29) is 18.1 Å². The summed E-state index contributed by atoms with van der Waals surface area (Å²) in [5.74, 6) is 2.98. The lowest BCUT2D eigenvalue weighted by atomic mass is 9.53. The molecule has 1 amide bonds. The van der Waals surface area contributed by atoms with Crippen LogP contribution >= 0.6 is 28.1 Å². The highest BCUT2D eigenvalue weighted by Crippen LogP contribution is 2.55. The SMILES string of the molecule is O=C(COc1ccc(Br)cc1)NC(=S)NC12CC3CC(CC(C3)C1)C2. The standard InChI is InChI=1S/C19H23BrN2O2S/c20-15-1-3-16(4-2-15)24-11-17(23)21-18(25)22-19-8-12-5-13(9-19)7-14(6-12)10-19/h1-4,12-14H,5-11H2,(H2,21,22,23,25).